The highest BCUT2D eigenvalue weighted by atomic mass is 16.5. The molecule has 2 aliphatic rings. The van der Waals surface area contributed by atoms with Crippen molar-refractivity contribution in [2.75, 3.05) is 52.6 Å². The summed E-state index contributed by atoms with van der Waals surface area (Å²) in [6.07, 6.45) is 0. The number of hydrogen-bond acceptors (Lipinski definition) is 8. The minimum Gasteiger partial charge on any atom is -0.489 e. The van der Waals surface area contributed by atoms with Crippen LogP contribution in [0, 0.1) is 22.7 Å². The van der Waals surface area contributed by atoms with Crippen molar-refractivity contribution in [2.24, 2.45) is 0 Å². The lowest BCUT2D eigenvalue weighted by molar-refractivity contribution is 0.0265. The van der Waals surface area contributed by atoms with Crippen molar-refractivity contribution in [1.82, 2.24) is 9.80 Å². The van der Waals surface area contributed by atoms with Crippen molar-refractivity contribution in [3.05, 3.63) is 131 Å². The molecule has 236 valence electrons. The molecule has 2 aliphatic heterocycles. The first-order chi connectivity index (χ1) is 23.1. The van der Waals surface area contributed by atoms with E-state index in [0.29, 0.717) is 64.0 Å². The first-order valence-electron chi connectivity index (χ1n) is 16.1. The van der Waals surface area contributed by atoms with Crippen LogP contribution < -0.4 is 9.47 Å². The number of morpholine rings is 2. The van der Waals surface area contributed by atoms with Crippen molar-refractivity contribution in [3.8, 4) is 23.6 Å². The van der Waals surface area contributed by atoms with Gasteiger partial charge in [0.15, 0.2) is 0 Å². The maximum absolute atomic E-state index is 9.63. The van der Waals surface area contributed by atoms with Gasteiger partial charge in [0.1, 0.15) is 36.8 Å². The number of rotatable bonds is 10. The molecule has 4 aromatic carbocycles. The summed E-state index contributed by atoms with van der Waals surface area (Å²) in [5.41, 5.74) is 3.80. The van der Waals surface area contributed by atoms with E-state index in [4.69, 9.17) is 20.3 Å². The van der Waals surface area contributed by atoms with E-state index in [1.165, 1.54) is 0 Å². The molecule has 0 saturated carbocycles. The predicted octanol–water partition coefficient (Wildman–Crippen LogP) is 6.32. The monoisotopic (exact) mass is 617 g/mol. The molecule has 0 bridgehead atoms. The first-order valence-corrected chi connectivity index (χ1v) is 15.6. The highest BCUT2D eigenvalue weighted by molar-refractivity contribution is 5.34. The Balaban J connectivity index is 0.000000185. The fourth-order valence-electron chi connectivity index (χ4n) is 5.30. The minimum absolute atomic E-state index is 0.251. The molecule has 0 aromatic heterocycles. The zero-order valence-electron chi connectivity index (χ0n) is 27.0. The van der Waals surface area contributed by atoms with E-state index in [-0.39, 0.29) is 6.04 Å². The van der Waals surface area contributed by atoms with Crippen LogP contribution in [0.5, 0.6) is 11.5 Å². The van der Waals surface area contributed by atoms with Crippen LogP contribution in [0.1, 0.15) is 35.7 Å². The number of nitriles is 2. The van der Waals surface area contributed by atoms with Crippen LogP contribution in [0.2, 0.25) is 0 Å². The van der Waals surface area contributed by atoms with Gasteiger partial charge in [-0.1, -0.05) is 84.9 Å². The molecule has 0 amide bonds. The lowest BCUT2D eigenvalue weighted by Gasteiger charge is -2.30. The van der Waals surface area contributed by atoms with E-state index >= 15 is 0 Å². The lowest BCUT2D eigenvalue weighted by Crippen LogP contribution is -2.38. The zero-order valence-corrected chi connectivity index (χ0v) is 26.0. The van der Waals surface area contributed by atoms with Gasteiger partial charge < -0.3 is 18.9 Å². The van der Waals surface area contributed by atoms with Gasteiger partial charge in [0.05, 0.1) is 39.9 Å². The molecule has 2 heterocycles. The normalized spacial score (nSPS) is 17.5. The second kappa shape index (κ2) is 17.7. The second-order valence-electron chi connectivity index (χ2n) is 10.9. The van der Waals surface area contributed by atoms with Gasteiger partial charge in [0, 0.05) is 26.2 Å². The number of ether oxygens (including phenoxy) is 4. The molecule has 8 heteroatoms. The smallest absolute Gasteiger partial charge is 0.124 e. The topological polar surface area (TPSA) is 91.0 Å². The average molecular weight is 618 g/mol. The minimum atomic E-state index is -1.42. The van der Waals surface area contributed by atoms with Crippen LogP contribution in [-0.4, -0.2) is 62.4 Å². The Labute approximate surface area is 273 Å². The highest BCUT2D eigenvalue weighted by Gasteiger charge is 2.23. The molecule has 0 aliphatic carbocycles. The third kappa shape index (κ3) is 9.65. The van der Waals surface area contributed by atoms with Gasteiger partial charge in [-0.2, -0.15) is 10.5 Å². The molecular weight excluding hydrogens is 576 g/mol. The summed E-state index contributed by atoms with van der Waals surface area (Å²) < 4.78 is 31.0. The van der Waals surface area contributed by atoms with E-state index in [9.17, 15) is 10.5 Å². The molecule has 0 spiro atoms. The highest BCUT2D eigenvalue weighted by Crippen LogP contribution is 2.26. The first kappa shape index (κ1) is 31.3. The largest absolute Gasteiger partial charge is 0.489 e. The summed E-state index contributed by atoms with van der Waals surface area (Å²) in [6.45, 7) is 6.17. The summed E-state index contributed by atoms with van der Waals surface area (Å²) in [6, 6.07) is 38.0. The molecule has 0 radical (unpaired) electrons. The molecule has 2 fully saturated rings. The fraction of sp³-hybridized carbons (Fsp3) is 0.316. The van der Waals surface area contributed by atoms with Crippen molar-refractivity contribution in [1.29, 1.82) is 10.5 Å². The van der Waals surface area contributed by atoms with Crippen LogP contribution in [0.15, 0.2) is 109 Å². The molecule has 8 nitrogen and oxygen atoms in total. The zero-order chi connectivity index (χ0) is 32.7. The third-order valence-corrected chi connectivity index (χ3v) is 7.74. The van der Waals surface area contributed by atoms with E-state index in [1.54, 1.807) is 12.1 Å². The van der Waals surface area contributed by atoms with Gasteiger partial charge in [-0.25, -0.2) is 0 Å². The van der Waals surface area contributed by atoms with E-state index in [2.05, 4.69) is 17.0 Å². The summed E-state index contributed by atoms with van der Waals surface area (Å²) in [5.74, 6) is 1.45. The van der Waals surface area contributed by atoms with Gasteiger partial charge in [-0.3, -0.25) is 9.80 Å². The molecule has 46 heavy (non-hydrogen) atoms. The van der Waals surface area contributed by atoms with Crippen molar-refractivity contribution < 1.29 is 20.3 Å². The van der Waals surface area contributed by atoms with Crippen LogP contribution in [0.3, 0.4) is 0 Å². The molecule has 4 aromatic rings. The molecule has 2 unspecified atom stereocenters. The van der Waals surface area contributed by atoms with E-state index < -0.39 is 6.02 Å². The molecule has 6 rings (SSSR count). The summed E-state index contributed by atoms with van der Waals surface area (Å²) in [4.78, 5) is 3.99. The quantitative estimate of drug-likeness (QED) is 0.204. The molecule has 2 atom stereocenters. The summed E-state index contributed by atoms with van der Waals surface area (Å²) >= 11 is 0. The number of benzene rings is 4. The lowest BCUT2D eigenvalue weighted by atomic mass is 10.1. The van der Waals surface area contributed by atoms with E-state index in [1.807, 2.05) is 102 Å². The number of hydrogen-bond donors (Lipinski definition) is 0. The van der Waals surface area contributed by atoms with Gasteiger partial charge >= 0.3 is 0 Å². The maximum Gasteiger partial charge on any atom is 0.124 e. The van der Waals surface area contributed by atoms with Gasteiger partial charge in [-0.15, -0.1) is 0 Å². The summed E-state index contributed by atoms with van der Waals surface area (Å²) in [7, 11) is 0. The maximum atomic E-state index is 9.63. The Morgan fingerprint density at radius 2 is 1.09 bits per heavy atom. The Kier molecular flexibility index (Phi) is 12.0. The molecule has 0 N–H and O–H groups in total. The SMILES string of the molecule is N#CC(c1cccc(OCc2ccccc2)c1)N1CCOCC1.[2H]C(C#N)(c1cccc(OCc2ccccc2)c1)N1CCOCC1. The van der Waals surface area contributed by atoms with E-state index in [0.717, 1.165) is 35.5 Å². The molecular formula is C38H40N4O4. The van der Waals surface area contributed by atoms with Crippen molar-refractivity contribution in [3.63, 3.8) is 0 Å². The Hall–Kier alpha value is -4.70. The van der Waals surface area contributed by atoms with Crippen molar-refractivity contribution in [2.45, 2.75) is 25.3 Å². The molecule has 2 saturated heterocycles. The second-order valence-corrected chi connectivity index (χ2v) is 10.9. The Bertz CT molecular complexity index is 1620. The van der Waals surface area contributed by atoms with Gasteiger partial charge in [0.25, 0.3) is 0 Å². The average Bonchev–Trinajstić information content (AvgIpc) is 3.15. The van der Waals surface area contributed by atoms with Crippen LogP contribution in [0.4, 0.5) is 0 Å². The summed E-state index contributed by atoms with van der Waals surface area (Å²) in [5, 5.41) is 19.2. The van der Waals surface area contributed by atoms with Gasteiger partial charge in [-0.05, 0) is 46.5 Å². The van der Waals surface area contributed by atoms with Gasteiger partial charge in [0.2, 0.25) is 0 Å². The van der Waals surface area contributed by atoms with Crippen LogP contribution in [0.25, 0.3) is 0 Å². The Morgan fingerprint density at radius 3 is 1.59 bits per heavy atom. The Morgan fingerprint density at radius 1 is 0.609 bits per heavy atom. The van der Waals surface area contributed by atoms with Crippen molar-refractivity contribution >= 4 is 0 Å². The third-order valence-electron chi connectivity index (χ3n) is 7.74. The fourth-order valence-corrected chi connectivity index (χ4v) is 5.30. The van der Waals surface area contributed by atoms with Crippen LogP contribution >= 0.6 is 0 Å². The van der Waals surface area contributed by atoms with Crippen LogP contribution in [-0.2, 0) is 22.7 Å². The predicted molar refractivity (Wildman–Crippen MR) is 176 cm³/mol. The number of nitrogens with zero attached hydrogens (tertiary/aromatic N) is 4. The standard InChI is InChI=1S/2C19H20N2O2/c2*20-14-19(21-9-11-22-12-10-21)17-7-4-8-18(13-17)23-15-16-5-2-1-3-6-16/h2*1-8,13,19H,9-12,15H2/i19D;.